The summed E-state index contributed by atoms with van der Waals surface area (Å²) in [5, 5.41) is 4.10. The van der Waals surface area contributed by atoms with Gasteiger partial charge in [0, 0.05) is 23.0 Å². The van der Waals surface area contributed by atoms with Crippen LogP contribution >= 0.6 is 12.4 Å². The zero-order valence-electron chi connectivity index (χ0n) is 14.2. The van der Waals surface area contributed by atoms with Crippen molar-refractivity contribution in [3.63, 3.8) is 0 Å². The van der Waals surface area contributed by atoms with Crippen molar-refractivity contribution in [2.75, 3.05) is 11.9 Å². The van der Waals surface area contributed by atoms with E-state index in [4.69, 9.17) is 4.74 Å². The van der Waals surface area contributed by atoms with Gasteiger partial charge in [-0.05, 0) is 37.6 Å². The van der Waals surface area contributed by atoms with Crippen molar-refractivity contribution >= 4 is 40.8 Å². The Balaban J connectivity index is 0.00000225. The summed E-state index contributed by atoms with van der Waals surface area (Å²) in [6, 6.07) is 13.5. The molecule has 0 spiro atoms. The molecule has 0 saturated heterocycles. The maximum absolute atomic E-state index is 12.4. The zero-order valence-corrected chi connectivity index (χ0v) is 15.0. The van der Waals surface area contributed by atoms with E-state index in [-0.39, 0.29) is 18.4 Å². The quantitative estimate of drug-likeness (QED) is 0.672. The highest BCUT2D eigenvalue weighted by Crippen LogP contribution is 2.29. The Morgan fingerprint density at radius 2 is 1.92 bits per heavy atom. The number of aryl methyl sites for hydroxylation is 1. The smallest absolute Gasteiger partial charge is 0.341 e. The third-order valence-electron chi connectivity index (χ3n) is 3.57. The van der Waals surface area contributed by atoms with Gasteiger partial charge >= 0.3 is 5.97 Å². The van der Waals surface area contributed by atoms with E-state index in [0.717, 1.165) is 23.2 Å². The molecule has 0 amide bonds. The molecule has 130 valence electrons. The second kappa shape index (κ2) is 8.44. The number of fused-ring (bicyclic) bond motifs is 1. The van der Waals surface area contributed by atoms with Crippen molar-refractivity contribution in [2.24, 2.45) is 0 Å². The summed E-state index contributed by atoms with van der Waals surface area (Å²) >= 11 is 0. The Kier molecular flexibility index (Phi) is 6.31. The minimum atomic E-state index is -0.384. The number of nitrogens with one attached hydrogen (secondary N) is 1. The SMILES string of the molecule is CCCOC(=O)c1cnc2nc(C)ccc2c1Nc1ccccc1.Cl. The normalized spacial score (nSPS) is 10.2. The number of aromatic nitrogens is 2. The highest BCUT2D eigenvalue weighted by Gasteiger charge is 2.17. The summed E-state index contributed by atoms with van der Waals surface area (Å²) in [7, 11) is 0. The standard InChI is InChI=1S/C19H19N3O2.ClH/c1-3-11-24-19(23)16-12-20-18-15(10-9-13(2)21-18)17(16)22-14-7-5-4-6-8-14;/h4-10,12H,3,11H2,1-2H3,(H,20,21,22);1H. The lowest BCUT2D eigenvalue weighted by molar-refractivity contribution is 0.0506. The van der Waals surface area contributed by atoms with E-state index in [1.807, 2.05) is 56.3 Å². The monoisotopic (exact) mass is 357 g/mol. The minimum absolute atomic E-state index is 0. The Labute approximate surface area is 152 Å². The van der Waals surface area contributed by atoms with Gasteiger partial charge in [-0.2, -0.15) is 0 Å². The number of hydrogen-bond acceptors (Lipinski definition) is 5. The van der Waals surface area contributed by atoms with E-state index in [1.165, 1.54) is 6.20 Å². The van der Waals surface area contributed by atoms with Crippen LogP contribution in [0.25, 0.3) is 11.0 Å². The number of esters is 1. The number of hydrogen-bond donors (Lipinski definition) is 1. The van der Waals surface area contributed by atoms with Crippen LogP contribution in [0.1, 0.15) is 29.4 Å². The summed E-state index contributed by atoms with van der Waals surface area (Å²) in [6.45, 7) is 4.25. The Morgan fingerprint density at radius 1 is 1.16 bits per heavy atom. The second-order valence-corrected chi connectivity index (χ2v) is 5.50. The van der Waals surface area contributed by atoms with Crippen molar-refractivity contribution in [2.45, 2.75) is 20.3 Å². The molecule has 6 heteroatoms. The summed E-state index contributed by atoms with van der Waals surface area (Å²) in [5.74, 6) is -0.384. The molecule has 25 heavy (non-hydrogen) atoms. The Morgan fingerprint density at radius 3 is 2.64 bits per heavy atom. The molecule has 5 nitrogen and oxygen atoms in total. The van der Waals surface area contributed by atoms with E-state index in [0.29, 0.717) is 23.5 Å². The molecular formula is C19H20ClN3O2. The van der Waals surface area contributed by atoms with Crippen LogP contribution in [0.5, 0.6) is 0 Å². The van der Waals surface area contributed by atoms with Gasteiger partial charge in [-0.3, -0.25) is 0 Å². The molecule has 2 heterocycles. The molecule has 0 aliphatic carbocycles. The third kappa shape index (κ3) is 4.25. The Bertz CT molecular complexity index is 869. The van der Waals surface area contributed by atoms with Crippen molar-refractivity contribution in [1.29, 1.82) is 0 Å². The largest absolute Gasteiger partial charge is 0.462 e. The van der Waals surface area contributed by atoms with E-state index in [1.54, 1.807) is 0 Å². The van der Waals surface area contributed by atoms with Gasteiger partial charge in [-0.1, -0.05) is 25.1 Å². The van der Waals surface area contributed by atoms with Crippen molar-refractivity contribution in [1.82, 2.24) is 9.97 Å². The number of rotatable bonds is 5. The van der Waals surface area contributed by atoms with Gasteiger partial charge in [0.25, 0.3) is 0 Å². The predicted octanol–water partition coefficient (Wildman–Crippen LogP) is 4.67. The molecule has 3 rings (SSSR count). The summed E-state index contributed by atoms with van der Waals surface area (Å²) < 4.78 is 5.29. The van der Waals surface area contributed by atoms with Crippen LogP contribution in [0.4, 0.5) is 11.4 Å². The molecule has 1 aromatic carbocycles. The van der Waals surface area contributed by atoms with Crippen molar-refractivity contribution in [3.05, 3.63) is 59.9 Å². The molecule has 0 saturated carbocycles. The summed E-state index contributed by atoms with van der Waals surface area (Å²) in [4.78, 5) is 21.2. The van der Waals surface area contributed by atoms with Crippen LogP contribution in [0.3, 0.4) is 0 Å². The lowest BCUT2D eigenvalue weighted by atomic mass is 10.1. The Hall–Kier alpha value is -2.66. The number of nitrogens with zero attached hydrogens (tertiary/aromatic N) is 2. The molecule has 0 unspecified atom stereocenters. The maximum Gasteiger partial charge on any atom is 0.341 e. The van der Waals surface area contributed by atoms with Crippen LogP contribution in [0.15, 0.2) is 48.7 Å². The first kappa shape index (κ1) is 18.7. The molecule has 0 aliphatic heterocycles. The molecular weight excluding hydrogens is 338 g/mol. The summed E-state index contributed by atoms with van der Waals surface area (Å²) in [6.07, 6.45) is 2.30. The fourth-order valence-corrected chi connectivity index (χ4v) is 2.40. The molecule has 2 aromatic heterocycles. The number of carbonyl (C=O) groups is 1. The van der Waals surface area contributed by atoms with Crippen LogP contribution in [-0.4, -0.2) is 22.5 Å². The van der Waals surface area contributed by atoms with Gasteiger partial charge in [0.1, 0.15) is 5.56 Å². The van der Waals surface area contributed by atoms with Gasteiger partial charge in [0.05, 0.1) is 12.3 Å². The highest BCUT2D eigenvalue weighted by molar-refractivity contribution is 6.05. The van der Waals surface area contributed by atoms with E-state index >= 15 is 0 Å². The van der Waals surface area contributed by atoms with Crippen molar-refractivity contribution in [3.8, 4) is 0 Å². The van der Waals surface area contributed by atoms with E-state index in [9.17, 15) is 4.79 Å². The number of anilines is 2. The van der Waals surface area contributed by atoms with Gasteiger partial charge in [0.15, 0.2) is 5.65 Å². The third-order valence-corrected chi connectivity index (χ3v) is 3.57. The lowest BCUT2D eigenvalue weighted by Crippen LogP contribution is -2.10. The second-order valence-electron chi connectivity index (χ2n) is 5.50. The molecule has 1 N–H and O–H groups in total. The zero-order chi connectivity index (χ0) is 16.9. The molecule has 0 atom stereocenters. The lowest BCUT2D eigenvalue weighted by Gasteiger charge is -2.14. The van der Waals surface area contributed by atoms with Gasteiger partial charge in [-0.15, -0.1) is 12.4 Å². The number of benzene rings is 1. The number of halogens is 1. The maximum atomic E-state index is 12.4. The van der Waals surface area contributed by atoms with Gasteiger partial charge < -0.3 is 10.1 Å². The summed E-state index contributed by atoms with van der Waals surface area (Å²) in [5.41, 5.74) is 3.43. The van der Waals surface area contributed by atoms with Crippen LogP contribution in [0, 0.1) is 6.92 Å². The molecule has 0 fully saturated rings. The fraction of sp³-hybridized carbons (Fsp3) is 0.211. The minimum Gasteiger partial charge on any atom is -0.462 e. The van der Waals surface area contributed by atoms with Gasteiger partial charge in [0.2, 0.25) is 0 Å². The van der Waals surface area contributed by atoms with Crippen LogP contribution < -0.4 is 5.32 Å². The molecule has 0 radical (unpaired) electrons. The predicted molar refractivity (Wildman–Crippen MR) is 102 cm³/mol. The van der Waals surface area contributed by atoms with Gasteiger partial charge in [-0.25, -0.2) is 14.8 Å². The average Bonchev–Trinajstić information content (AvgIpc) is 2.60. The van der Waals surface area contributed by atoms with Crippen LogP contribution in [0.2, 0.25) is 0 Å². The first-order chi connectivity index (χ1) is 11.7. The molecule has 0 bridgehead atoms. The van der Waals surface area contributed by atoms with Crippen molar-refractivity contribution < 1.29 is 9.53 Å². The van der Waals surface area contributed by atoms with Crippen LogP contribution in [-0.2, 0) is 4.74 Å². The van der Waals surface area contributed by atoms with E-state index < -0.39 is 0 Å². The fourth-order valence-electron chi connectivity index (χ4n) is 2.40. The first-order valence-electron chi connectivity index (χ1n) is 7.94. The molecule has 3 aromatic rings. The first-order valence-corrected chi connectivity index (χ1v) is 7.94. The number of pyridine rings is 2. The van der Waals surface area contributed by atoms with E-state index in [2.05, 4.69) is 15.3 Å². The highest BCUT2D eigenvalue weighted by atomic mass is 35.5. The number of ether oxygens (including phenoxy) is 1. The number of para-hydroxylation sites is 1. The molecule has 0 aliphatic rings. The average molecular weight is 358 g/mol. The number of carbonyl (C=O) groups excluding carboxylic acids is 1. The topological polar surface area (TPSA) is 64.1 Å².